The number of benzene rings is 1. The number of nitrogens with one attached hydrogen (secondary N) is 1. The van der Waals surface area contributed by atoms with Crippen LogP contribution in [0.25, 0.3) is 11.0 Å². The molecule has 2 heterocycles. The van der Waals surface area contributed by atoms with Crippen molar-refractivity contribution in [3.05, 3.63) is 53.3 Å². The molecule has 4 nitrogen and oxygen atoms in total. The minimum atomic E-state index is -4.50. The van der Waals surface area contributed by atoms with Gasteiger partial charge in [-0.15, -0.1) is 11.8 Å². The molecule has 160 valence electrons. The van der Waals surface area contributed by atoms with Crippen LogP contribution in [0.5, 0.6) is 5.75 Å². The quantitative estimate of drug-likeness (QED) is 0.484. The third kappa shape index (κ3) is 3.78. The number of aromatic amines is 1. The highest BCUT2D eigenvalue weighted by Gasteiger charge is 2.41. The van der Waals surface area contributed by atoms with Crippen LogP contribution in [0.4, 0.5) is 13.2 Å². The number of H-pyrrole nitrogens is 1. The van der Waals surface area contributed by atoms with E-state index < -0.39 is 17.3 Å². The van der Waals surface area contributed by atoms with Gasteiger partial charge in [0.15, 0.2) is 0 Å². The summed E-state index contributed by atoms with van der Waals surface area (Å²) in [5.41, 5.74) is -1.08. The van der Waals surface area contributed by atoms with Crippen molar-refractivity contribution in [3.63, 3.8) is 0 Å². The van der Waals surface area contributed by atoms with Crippen molar-refractivity contribution in [2.75, 3.05) is 13.4 Å². The molecule has 4 rings (SSSR count). The second kappa shape index (κ2) is 7.81. The predicted octanol–water partition coefficient (Wildman–Crippen LogP) is 5.74. The van der Waals surface area contributed by atoms with Crippen LogP contribution in [0.15, 0.2) is 41.4 Å². The fourth-order valence-electron chi connectivity index (χ4n) is 4.01. The molecule has 0 amide bonds. The van der Waals surface area contributed by atoms with Crippen molar-refractivity contribution in [1.29, 1.82) is 0 Å². The van der Waals surface area contributed by atoms with Crippen molar-refractivity contribution < 1.29 is 23.0 Å². The monoisotopic (exact) mass is 436 g/mol. The molecular weight excluding hydrogens is 413 g/mol. The molecule has 1 atom stereocenters. The van der Waals surface area contributed by atoms with Crippen LogP contribution in [0.2, 0.25) is 0 Å². The Hall–Kier alpha value is -2.19. The zero-order valence-electron chi connectivity index (χ0n) is 16.7. The van der Waals surface area contributed by atoms with Crippen molar-refractivity contribution in [2.24, 2.45) is 5.92 Å². The topological polar surface area (TPSA) is 58.1 Å². The second-order valence-corrected chi connectivity index (χ2v) is 8.62. The van der Waals surface area contributed by atoms with Crippen LogP contribution in [-0.4, -0.2) is 28.4 Å². The minimum Gasteiger partial charge on any atom is -0.495 e. The summed E-state index contributed by atoms with van der Waals surface area (Å²) in [6, 6.07) is 7.66. The van der Waals surface area contributed by atoms with Gasteiger partial charge in [-0.05, 0) is 48.4 Å². The van der Waals surface area contributed by atoms with Crippen LogP contribution in [0.1, 0.15) is 42.5 Å². The summed E-state index contributed by atoms with van der Waals surface area (Å²) in [5.74, 6) is 0.831. The van der Waals surface area contributed by atoms with E-state index in [-0.39, 0.29) is 16.4 Å². The number of hydrogen-bond acceptors (Lipinski definition) is 4. The maximum Gasteiger partial charge on any atom is 0.417 e. The Balaban J connectivity index is 1.85. The molecule has 1 aliphatic rings. The number of hydrogen-bond donors (Lipinski definition) is 2. The summed E-state index contributed by atoms with van der Waals surface area (Å²) in [4.78, 5) is 7.56. The van der Waals surface area contributed by atoms with E-state index in [2.05, 4.69) is 9.97 Å². The molecule has 0 aliphatic heterocycles. The molecule has 1 aromatic carbocycles. The third-order valence-electron chi connectivity index (χ3n) is 5.92. The van der Waals surface area contributed by atoms with Crippen LogP contribution in [-0.2, 0) is 11.8 Å². The molecule has 2 aromatic heterocycles. The molecule has 0 saturated heterocycles. The first-order valence-corrected chi connectivity index (χ1v) is 11.0. The van der Waals surface area contributed by atoms with Gasteiger partial charge < -0.3 is 14.8 Å². The van der Waals surface area contributed by atoms with Gasteiger partial charge in [-0.3, -0.25) is 0 Å². The SMILES string of the molecule is COc1cnc2[nH]c(C(O)(CC3CCC3)c3ccc(SC)c(C(F)(F)F)c3)cc2c1. The van der Waals surface area contributed by atoms with Crippen molar-refractivity contribution >= 4 is 22.8 Å². The zero-order valence-corrected chi connectivity index (χ0v) is 17.5. The van der Waals surface area contributed by atoms with E-state index >= 15 is 0 Å². The maximum absolute atomic E-state index is 13.7. The van der Waals surface area contributed by atoms with Crippen LogP contribution in [0, 0.1) is 5.92 Å². The number of thioether (sulfide) groups is 1. The summed E-state index contributed by atoms with van der Waals surface area (Å²) in [5, 5.41) is 12.5. The number of nitrogens with zero attached hydrogens (tertiary/aromatic N) is 1. The lowest BCUT2D eigenvalue weighted by Crippen LogP contribution is -2.33. The summed E-state index contributed by atoms with van der Waals surface area (Å²) in [6.45, 7) is 0. The number of aliphatic hydroxyl groups is 1. The lowest BCUT2D eigenvalue weighted by molar-refractivity contribution is -0.139. The number of methoxy groups -OCH3 is 1. The van der Waals surface area contributed by atoms with Gasteiger partial charge in [0.1, 0.15) is 17.0 Å². The molecule has 0 radical (unpaired) electrons. The molecule has 0 bridgehead atoms. The largest absolute Gasteiger partial charge is 0.495 e. The molecule has 30 heavy (non-hydrogen) atoms. The number of fused-ring (bicyclic) bond motifs is 1. The summed E-state index contributed by atoms with van der Waals surface area (Å²) < 4.78 is 46.2. The van der Waals surface area contributed by atoms with Crippen LogP contribution < -0.4 is 4.74 Å². The van der Waals surface area contributed by atoms with Gasteiger partial charge in [0.25, 0.3) is 0 Å². The lowest BCUT2D eigenvalue weighted by Gasteiger charge is -2.36. The highest BCUT2D eigenvalue weighted by molar-refractivity contribution is 7.98. The van der Waals surface area contributed by atoms with E-state index in [1.807, 2.05) is 0 Å². The number of alkyl halides is 3. The Morgan fingerprint density at radius 1 is 1.23 bits per heavy atom. The van der Waals surface area contributed by atoms with Gasteiger partial charge in [0.2, 0.25) is 0 Å². The Kier molecular flexibility index (Phi) is 5.48. The predicted molar refractivity (Wildman–Crippen MR) is 111 cm³/mol. The third-order valence-corrected chi connectivity index (χ3v) is 6.71. The summed E-state index contributed by atoms with van der Waals surface area (Å²) >= 11 is 1.04. The number of halogens is 3. The van der Waals surface area contributed by atoms with E-state index in [1.165, 1.54) is 13.2 Å². The van der Waals surface area contributed by atoms with E-state index in [0.717, 1.165) is 42.5 Å². The van der Waals surface area contributed by atoms with Gasteiger partial charge in [0, 0.05) is 10.3 Å². The number of pyridine rings is 1. The van der Waals surface area contributed by atoms with Gasteiger partial charge in [0.05, 0.1) is 24.6 Å². The summed E-state index contributed by atoms with van der Waals surface area (Å²) in [6.07, 6.45) is 2.02. The van der Waals surface area contributed by atoms with Crippen LogP contribution >= 0.6 is 11.8 Å². The highest BCUT2D eigenvalue weighted by atomic mass is 32.2. The Morgan fingerprint density at radius 3 is 2.60 bits per heavy atom. The first-order chi connectivity index (χ1) is 14.2. The maximum atomic E-state index is 13.7. The molecule has 1 fully saturated rings. The average Bonchev–Trinajstić information content (AvgIpc) is 3.13. The van der Waals surface area contributed by atoms with Gasteiger partial charge in [-0.2, -0.15) is 13.2 Å². The zero-order chi connectivity index (χ0) is 21.5. The second-order valence-electron chi connectivity index (χ2n) is 7.77. The Bertz CT molecular complexity index is 1060. The van der Waals surface area contributed by atoms with Gasteiger partial charge in [-0.1, -0.05) is 25.3 Å². The van der Waals surface area contributed by atoms with E-state index in [1.54, 1.807) is 30.7 Å². The van der Waals surface area contributed by atoms with E-state index in [4.69, 9.17) is 4.74 Å². The molecule has 3 aromatic rings. The first-order valence-electron chi connectivity index (χ1n) is 9.76. The van der Waals surface area contributed by atoms with Crippen molar-refractivity contribution in [2.45, 2.75) is 42.4 Å². The Morgan fingerprint density at radius 2 is 2.00 bits per heavy atom. The smallest absolute Gasteiger partial charge is 0.417 e. The van der Waals surface area contributed by atoms with Crippen molar-refractivity contribution in [1.82, 2.24) is 9.97 Å². The summed E-state index contributed by atoms with van der Waals surface area (Å²) in [7, 11) is 1.54. The van der Waals surface area contributed by atoms with E-state index in [9.17, 15) is 18.3 Å². The molecule has 8 heteroatoms. The number of aromatic nitrogens is 2. The molecule has 1 unspecified atom stereocenters. The average molecular weight is 436 g/mol. The lowest BCUT2D eigenvalue weighted by atomic mass is 9.73. The number of rotatable bonds is 6. The molecule has 2 N–H and O–H groups in total. The van der Waals surface area contributed by atoms with Crippen molar-refractivity contribution in [3.8, 4) is 5.75 Å². The standard InChI is InChI=1S/C22H23F3N2O2S/c1-29-16-8-14-9-19(27-20(14)26-12-16)21(28,11-13-4-3-5-13)15-6-7-18(30-2)17(10-15)22(23,24)25/h6-10,12-13,28H,3-5,11H2,1-2H3,(H,26,27). The molecule has 0 spiro atoms. The van der Waals surface area contributed by atoms with Crippen LogP contribution in [0.3, 0.4) is 0 Å². The number of ether oxygens (including phenoxy) is 1. The normalized spacial score (nSPS) is 17.0. The highest BCUT2D eigenvalue weighted by Crippen LogP contribution is 2.45. The van der Waals surface area contributed by atoms with E-state index in [0.29, 0.717) is 23.5 Å². The van der Waals surface area contributed by atoms with Gasteiger partial charge >= 0.3 is 6.18 Å². The molecule has 1 saturated carbocycles. The van der Waals surface area contributed by atoms with Gasteiger partial charge in [-0.25, -0.2) is 4.98 Å². The minimum absolute atomic E-state index is 0.139. The fourth-order valence-corrected chi connectivity index (χ4v) is 4.61. The molecular formula is C22H23F3N2O2S. The fraction of sp³-hybridized carbons (Fsp3) is 0.409. The first kappa shape index (κ1) is 21.1. The Labute approximate surface area is 176 Å². The molecule has 1 aliphatic carbocycles.